The van der Waals surface area contributed by atoms with Crippen LogP contribution in [0.25, 0.3) is 0 Å². The number of amides is 2. The van der Waals surface area contributed by atoms with Crippen molar-refractivity contribution in [2.75, 3.05) is 25.1 Å². The van der Waals surface area contributed by atoms with E-state index in [2.05, 4.69) is 10.3 Å². The molecule has 3 aromatic rings. The number of anilines is 1. The van der Waals surface area contributed by atoms with Crippen molar-refractivity contribution in [1.29, 1.82) is 0 Å². The second kappa shape index (κ2) is 8.36. The Morgan fingerprint density at radius 2 is 2.10 bits per heavy atom. The van der Waals surface area contributed by atoms with Crippen molar-refractivity contribution in [1.82, 2.24) is 14.9 Å². The number of halogens is 1. The van der Waals surface area contributed by atoms with Gasteiger partial charge >= 0.3 is 0 Å². The van der Waals surface area contributed by atoms with Crippen molar-refractivity contribution in [2.24, 2.45) is 5.92 Å². The first-order chi connectivity index (χ1) is 14.5. The van der Waals surface area contributed by atoms with Crippen molar-refractivity contribution in [3.8, 4) is 5.75 Å². The largest absolute Gasteiger partial charge is 0.490 e. The van der Waals surface area contributed by atoms with Gasteiger partial charge in [-0.3, -0.25) is 9.59 Å². The summed E-state index contributed by atoms with van der Waals surface area (Å²) in [6.07, 6.45) is 3.11. The standard InChI is InChI=1S/C22H21FN4O3/c1-26-19-7-2-3-8-20(19)30-13-16(22(26)29)10-24-21(28)18-12-27(14-25-18)11-15-5-4-6-17(23)9-15/h2-9,12,14,16H,10-11,13H2,1H3,(H,24,28). The van der Waals surface area contributed by atoms with Crippen LogP contribution < -0.4 is 15.0 Å². The number of hydrogen-bond acceptors (Lipinski definition) is 4. The highest BCUT2D eigenvalue weighted by atomic mass is 19.1. The first kappa shape index (κ1) is 19.6. The number of carbonyl (C=O) groups is 2. The molecule has 154 valence electrons. The molecule has 0 spiro atoms. The number of nitrogens with one attached hydrogen (secondary N) is 1. The third-order valence-corrected chi connectivity index (χ3v) is 4.98. The summed E-state index contributed by atoms with van der Waals surface area (Å²) in [5, 5.41) is 2.76. The normalized spacial score (nSPS) is 15.9. The number of para-hydroxylation sites is 2. The van der Waals surface area contributed by atoms with Crippen LogP contribution in [0.15, 0.2) is 61.1 Å². The Labute approximate surface area is 173 Å². The minimum absolute atomic E-state index is 0.128. The zero-order valence-electron chi connectivity index (χ0n) is 16.4. The predicted octanol–water partition coefficient (Wildman–Crippen LogP) is 2.47. The molecule has 0 saturated carbocycles. The highest BCUT2D eigenvalue weighted by molar-refractivity contribution is 5.97. The molecule has 1 aromatic heterocycles. The van der Waals surface area contributed by atoms with Crippen LogP contribution in [0.1, 0.15) is 16.1 Å². The van der Waals surface area contributed by atoms with E-state index in [1.807, 2.05) is 24.3 Å². The Morgan fingerprint density at radius 3 is 2.93 bits per heavy atom. The van der Waals surface area contributed by atoms with Crippen molar-refractivity contribution in [3.05, 3.63) is 78.1 Å². The molecule has 0 fully saturated rings. The fraction of sp³-hybridized carbons (Fsp3) is 0.227. The highest BCUT2D eigenvalue weighted by Crippen LogP contribution is 2.31. The molecule has 1 atom stereocenters. The van der Waals surface area contributed by atoms with Crippen LogP contribution in [0.4, 0.5) is 10.1 Å². The molecule has 1 unspecified atom stereocenters. The monoisotopic (exact) mass is 408 g/mol. The van der Waals surface area contributed by atoms with E-state index < -0.39 is 5.92 Å². The van der Waals surface area contributed by atoms with Crippen LogP contribution in [-0.2, 0) is 11.3 Å². The van der Waals surface area contributed by atoms with Crippen molar-refractivity contribution < 1.29 is 18.7 Å². The summed E-state index contributed by atoms with van der Waals surface area (Å²) < 4.78 is 20.8. The molecule has 0 saturated heterocycles. The number of rotatable bonds is 5. The molecule has 0 radical (unpaired) electrons. The van der Waals surface area contributed by atoms with Gasteiger partial charge in [0.1, 0.15) is 23.9 Å². The summed E-state index contributed by atoms with van der Waals surface area (Å²) in [7, 11) is 1.69. The van der Waals surface area contributed by atoms with Gasteiger partial charge in [0.15, 0.2) is 0 Å². The van der Waals surface area contributed by atoms with Gasteiger partial charge in [-0.15, -0.1) is 0 Å². The summed E-state index contributed by atoms with van der Waals surface area (Å²) in [6.45, 7) is 0.706. The van der Waals surface area contributed by atoms with Gasteiger partial charge in [-0.2, -0.15) is 0 Å². The Hall–Kier alpha value is -3.68. The van der Waals surface area contributed by atoms with Crippen molar-refractivity contribution >= 4 is 17.5 Å². The van der Waals surface area contributed by atoms with Crippen LogP contribution in [-0.4, -0.2) is 41.6 Å². The summed E-state index contributed by atoms with van der Waals surface area (Å²) in [4.78, 5) is 30.9. The van der Waals surface area contributed by atoms with Crippen LogP contribution in [0.2, 0.25) is 0 Å². The second-order valence-electron chi connectivity index (χ2n) is 7.14. The van der Waals surface area contributed by atoms with Gasteiger partial charge in [0.05, 0.1) is 17.9 Å². The maximum Gasteiger partial charge on any atom is 0.271 e. The SMILES string of the molecule is CN1C(=O)C(CNC(=O)c2cn(Cc3cccc(F)c3)cn2)COc2ccccc21. The third-order valence-electron chi connectivity index (χ3n) is 4.98. The molecule has 1 aliphatic heterocycles. The van der Waals surface area contributed by atoms with Crippen LogP contribution in [0.5, 0.6) is 5.75 Å². The molecule has 0 bridgehead atoms. The molecule has 30 heavy (non-hydrogen) atoms. The minimum Gasteiger partial charge on any atom is -0.490 e. The number of benzene rings is 2. The quantitative estimate of drug-likeness (QED) is 0.704. The summed E-state index contributed by atoms with van der Waals surface area (Å²) in [5.41, 5.74) is 1.70. The Balaban J connectivity index is 1.37. The molecule has 2 amide bonds. The van der Waals surface area contributed by atoms with Crippen LogP contribution >= 0.6 is 0 Å². The zero-order chi connectivity index (χ0) is 21.1. The maximum absolute atomic E-state index is 13.3. The van der Waals surface area contributed by atoms with Gasteiger partial charge in [-0.05, 0) is 29.8 Å². The van der Waals surface area contributed by atoms with E-state index in [4.69, 9.17) is 4.74 Å². The minimum atomic E-state index is -0.513. The Morgan fingerprint density at radius 1 is 1.27 bits per heavy atom. The van der Waals surface area contributed by atoms with Gasteiger partial charge in [0.25, 0.3) is 5.91 Å². The number of ether oxygens (including phenoxy) is 1. The Kier molecular flexibility index (Phi) is 5.47. The second-order valence-corrected chi connectivity index (χ2v) is 7.14. The van der Waals surface area contributed by atoms with E-state index >= 15 is 0 Å². The summed E-state index contributed by atoms with van der Waals surface area (Å²) >= 11 is 0. The van der Waals surface area contributed by atoms with Gasteiger partial charge in [0.2, 0.25) is 5.91 Å². The average Bonchev–Trinajstić information content (AvgIpc) is 3.17. The highest BCUT2D eigenvalue weighted by Gasteiger charge is 2.29. The van der Waals surface area contributed by atoms with Crippen molar-refractivity contribution in [3.63, 3.8) is 0 Å². The van der Waals surface area contributed by atoms with E-state index in [0.29, 0.717) is 18.0 Å². The predicted molar refractivity (Wildman–Crippen MR) is 109 cm³/mol. The summed E-state index contributed by atoms with van der Waals surface area (Å²) in [6, 6.07) is 13.6. The smallest absolute Gasteiger partial charge is 0.271 e. The van der Waals surface area contributed by atoms with Gasteiger partial charge in [0, 0.05) is 26.3 Å². The lowest BCUT2D eigenvalue weighted by Crippen LogP contribution is -2.41. The molecule has 8 heteroatoms. The summed E-state index contributed by atoms with van der Waals surface area (Å²) in [5.74, 6) is -0.700. The number of fused-ring (bicyclic) bond motifs is 1. The molecule has 1 N–H and O–H groups in total. The third kappa shape index (κ3) is 4.17. The van der Waals surface area contributed by atoms with Gasteiger partial charge in [-0.1, -0.05) is 24.3 Å². The van der Waals surface area contributed by atoms with E-state index in [1.54, 1.807) is 34.8 Å². The van der Waals surface area contributed by atoms with E-state index in [0.717, 1.165) is 5.56 Å². The van der Waals surface area contributed by atoms with E-state index in [1.165, 1.54) is 18.5 Å². The Bertz CT molecular complexity index is 1080. The molecule has 7 nitrogen and oxygen atoms in total. The maximum atomic E-state index is 13.3. The zero-order valence-corrected chi connectivity index (χ0v) is 16.4. The molecule has 2 heterocycles. The fourth-order valence-electron chi connectivity index (χ4n) is 3.37. The van der Waals surface area contributed by atoms with Crippen LogP contribution in [0, 0.1) is 11.7 Å². The number of aromatic nitrogens is 2. The molecule has 2 aromatic carbocycles. The number of hydrogen-bond donors (Lipinski definition) is 1. The lowest BCUT2D eigenvalue weighted by atomic mass is 10.1. The molecular formula is C22H21FN4O3. The average molecular weight is 408 g/mol. The molecule has 4 rings (SSSR count). The van der Waals surface area contributed by atoms with E-state index in [-0.39, 0.29) is 36.5 Å². The molecule has 1 aliphatic rings. The van der Waals surface area contributed by atoms with Crippen LogP contribution in [0.3, 0.4) is 0 Å². The van der Waals surface area contributed by atoms with Crippen molar-refractivity contribution in [2.45, 2.75) is 6.54 Å². The number of carbonyl (C=O) groups excluding carboxylic acids is 2. The van der Waals surface area contributed by atoms with Gasteiger partial charge < -0.3 is 19.5 Å². The molecular weight excluding hydrogens is 387 g/mol. The van der Waals surface area contributed by atoms with E-state index in [9.17, 15) is 14.0 Å². The first-order valence-electron chi connectivity index (χ1n) is 9.55. The topological polar surface area (TPSA) is 76.5 Å². The van der Waals surface area contributed by atoms with Gasteiger partial charge in [-0.25, -0.2) is 9.37 Å². The first-order valence-corrected chi connectivity index (χ1v) is 9.55. The molecule has 0 aliphatic carbocycles. The fourth-order valence-corrected chi connectivity index (χ4v) is 3.37. The lowest BCUT2D eigenvalue weighted by molar-refractivity contribution is -0.122. The lowest BCUT2D eigenvalue weighted by Gasteiger charge is -2.19. The number of imidazole rings is 1. The number of nitrogens with zero attached hydrogens (tertiary/aromatic N) is 3.